The van der Waals surface area contributed by atoms with Crippen LogP contribution in [0.15, 0.2) is 29.6 Å². The third kappa shape index (κ3) is 2.71. The molecule has 0 aliphatic carbocycles. The number of nitrogens with two attached hydrogens (primary N) is 2. The number of nitrogens with one attached hydrogen (secondary N) is 1. The first-order valence-electron chi connectivity index (χ1n) is 5.22. The van der Waals surface area contributed by atoms with Crippen molar-refractivity contribution in [3.05, 3.63) is 46.6 Å². The molecule has 2 aromatic rings. The maximum absolute atomic E-state index is 13.1. The first-order valence-corrected chi connectivity index (χ1v) is 6.10. The number of anilines is 2. The van der Waals surface area contributed by atoms with E-state index in [1.54, 1.807) is 5.38 Å². The number of primary amides is 1. The van der Waals surface area contributed by atoms with Gasteiger partial charge in [0.2, 0.25) is 0 Å². The van der Waals surface area contributed by atoms with E-state index in [1.807, 2.05) is 0 Å². The summed E-state index contributed by atoms with van der Waals surface area (Å²) in [6.07, 6.45) is 0. The minimum absolute atomic E-state index is 0.00354. The lowest BCUT2D eigenvalue weighted by molar-refractivity contribution is 0.100. The van der Waals surface area contributed by atoms with E-state index in [-0.39, 0.29) is 16.8 Å². The second-order valence-electron chi connectivity index (χ2n) is 3.71. The van der Waals surface area contributed by atoms with Crippen molar-refractivity contribution in [3.63, 3.8) is 0 Å². The molecule has 0 aliphatic heterocycles. The van der Waals surface area contributed by atoms with Crippen molar-refractivity contribution in [2.45, 2.75) is 0 Å². The average Bonchev–Trinajstić information content (AvgIpc) is 2.80. The number of carbonyl (C=O) groups excluding carboxylic acids is 2. The zero-order chi connectivity index (χ0) is 14.0. The first kappa shape index (κ1) is 13.0. The molecule has 0 atom stereocenters. The standard InChI is InChI=1S/C12H10FN3O2S/c13-6-1-2-9(14)8(5-6)11(18)16-12-7(10(15)17)3-4-19-12/h1-5H,14H2,(H2,15,17)(H,16,18). The summed E-state index contributed by atoms with van der Waals surface area (Å²) in [6, 6.07) is 4.99. The number of amides is 2. The van der Waals surface area contributed by atoms with Crippen LogP contribution in [-0.4, -0.2) is 11.8 Å². The number of benzene rings is 1. The van der Waals surface area contributed by atoms with Crippen molar-refractivity contribution in [2.24, 2.45) is 5.73 Å². The van der Waals surface area contributed by atoms with Gasteiger partial charge in [-0.2, -0.15) is 0 Å². The van der Waals surface area contributed by atoms with E-state index < -0.39 is 17.6 Å². The van der Waals surface area contributed by atoms with Gasteiger partial charge in [0.15, 0.2) is 0 Å². The summed E-state index contributed by atoms with van der Waals surface area (Å²) in [5, 5.41) is 4.41. The van der Waals surface area contributed by atoms with Crippen molar-refractivity contribution < 1.29 is 14.0 Å². The van der Waals surface area contributed by atoms with Crippen LogP contribution >= 0.6 is 11.3 Å². The zero-order valence-electron chi connectivity index (χ0n) is 9.64. The van der Waals surface area contributed by atoms with Crippen LogP contribution in [0.2, 0.25) is 0 Å². The van der Waals surface area contributed by atoms with E-state index in [0.717, 1.165) is 23.5 Å². The van der Waals surface area contributed by atoms with Gasteiger partial charge in [0.05, 0.1) is 11.1 Å². The SMILES string of the molecule is NC(=O)c1ccsc1NC(=O)c1cc(F)ccc1N. The highest BCUT2D eigenvalue weighted by Gasteiger charge is 2.15. The molecule has 2 rings (SSSR count). The molecule has 0 fully saturated rings. The van der Waals surface area contributed by atoms with E-state index in [9.17, 15) is 14.0 Å². The fraction of sp³-hybridized carbons (Fsp3) is 0. The Morgan fingerprint density at radius 2 is 1.95 bits per heavy atom. The molecule has 7 heteroatoms. The van der Waals surface area contributed by atoms with Crippen LogP contribution in [0.4, 0.5) is 15.1 Å². The number of rotatable bonds is 3. The highest BCUT2D eigenvalue weighted by Crippen LogP contribution is 2.24. The van der Waals surface area contributed by atoms with Crippen LogP contribution in [0.5, 0.6) is 0 Å². The molecule has 5 N–H and O–H groups in total. The van der Waals surface area contributed by atoms with Gasteiger partial charge in [-0.15, -0.1) is 11.3 Å². The summed E-state index contributed by atoms with van der Waals surface area (Å²) in [4.78, 5) is 23.1. The Bertz CT molecular complexity index is 654. The van der Waals surface area contributed by atoms with Crippen LogP contribution < -0.4 is 16.8 Å². The predicted octanol–water partition coefficient (Wildman–Crippen LogP) is 1.82. The predicted molar refractivity (Wildman–Crippen MR) is 71.6 cm³/mol. The van der Waals surface area contributed by atoms with Crippen molar-refractivity contribution in [1.29, 1.82) is 0 Å². The van der Waals surface area contributed by atoms with Gasteiger partial charge in [0, 0.05) is 5.69 Å². The third-order valence-electron chi connectivity index (χ3n) is 2.42. The average molecular weight is 279 g/mol. The van der Waals surface area contributed by atoms with Gasteiger partial charge in [0.25, 0.3) is 11.8 Å². The molecule has 0 bridgehead atoms. The second-order valence-corrected chi connectivity index (χ2v) is 4.63. The molecule has 0 saturated heterocycles. The quantitative estimate of drug-likeness (QED) is 0.747. The Balaban J connectivity index is 2.28. The smallest absolute Gasteiger partial charge is 0.258 e. The fourth-order valence-corrected chi connectivity index (χ4v) is 2.28. The van der Waals surface area contributed by atoms with E-state index in [2.05, 4.69) is 5.32 Å². The highest BCUT2D eigenvalue weighted by atomic mass is 32.1. The molecule has 2 amide bonds. The van der Waals surface area contributed by atoms with E-state index in [1.165, 1.54) is 12.1 Å². The number of carbonyl (C=O) groups is 2. The molecule has 0 aliphatic rings. The normalized spacial score (nSPS) is 10.2. The largest absolute Gasteiger partial charge is 0.398 e. The second kappa shape index (κ2) is 5.07. The van der Waals surface area contributed by atoms with Gasteiger partial charge in [-0.1, -0.05) is 0 Å². The van der Waals surface area contributed by atoms with Crippen LogP contribution in [-0.2, 0) is 0 Å². The number of nitrogen functional groups attached to an aromatic ring is 1. The summed E-state index contributed by atoms with van der Waals surface area (Å²) in [6.45, 7) is 0. The molecule has 0 spiro atoms. The zero-order valence-corrected chi connectivity index (χ0v) is 10.5. The Labute approximate surface area is 112 Å². The number of thiophene rings is 1. The topological polar surface area (TPSA) is 98.2 Å². The van der Waals surface area contributed by atoms with Gasteiger partial charge in [-0.25, -0.2) is 4.39 Å². The van der Waals surface area contributed by atoms with E-state index >= 15 is 0 Å². The molecule has 0 saturated carbocycles. The Kier molecular flexibility index (Phi) is 3.48. The van der Waals surface area contributed by atoms with Crippen LogP contribution in [0, 0.1) is 5.82 Å². The number of hydrogen-bond acceptors (Lipinski definition) is 4. The van der Waals surface area contributed by atoms with Crippen LogP contribution in [0.3, 0.4) is 0 Å². The molecular weight excluding hydrogens is 269 g/mol. The summed E-state index contributed by atoms with van der Waals surface area (Å²) in [5.74, 6) is -1.81. The van der Waals surface area contributed by atoms with Crippen LogP contribution in [0.25, 0.3) is 0 Å². The molecule has 1 heterocycles. The molecule has 5 nitrogen and oxygen atoms in total. The fourth-order valence-electron chi connectivity index (χ4n) is 1.50. The highest BCUT2D eigenvalue weighted by molar-refractivity contribution is 7.14. The van der Waals surface area contributed by atoms with Crippen molar-refractivity contribution in [2.75, 3.05) is 11.1 Å². The van der Waals surface area contributed by atoms with Gasteiger partial charge in [-0.05, 0) is 29.6 Å². The van der Waals surface area contributed by atoms with Gasteiger partial charge in [-0.3, -0.25) is 9.59 Å². The number of hydrogen-bond donors (Lipinski definition) is 3. The molecular formula is C12H10FN3O2S. The van der Waals surface area contributed by atoms with Gasteiger partial charge < -0.3 is 16.8 Å². The Hall–Kier alpha value is -2.41. The molecule has 19 heavy (non-hydrogen) atoms. The lowest BCUT2D eigenvalue weighted by atomic mass is 10.1. The summed E-state index contributed by atoms with van der Waals surface area (Å²) < 4.78 is 13.1. The molecule has 0 unspecified atom stereocenters. The first-order chi connectivity index (χ1) is 8.99. The van der Waals surface area contributed by atoms with Gasteiger partial charge >= 0.3 is 0 Å². The lowest BCUT2D eigenvalue weighted by Crippen LogP contribution is -2.17. The van der Waals surface area contributed by atoms with E-state index in [0.29, 0.717) is 5.00 Å². The Morgan fingerprint density at radius 1 is 1.21 bits per heavy atom. The maximum Gasteiger partial charge on any atom is 0.258 e. The van der Waals surface area contributed by atoms with Crippen LogP contribution in [0.1, 0.15) is 20.7 Å². The Morgan fingerprint density at radius 3 is 2.63 bits per heavy atom. The molecule has 98 valence electrons. The summed E-state index contributed by atoms with van der Waals surface area (Å²) in [7, 11) is 0. The maximum atomic E-state index is 13.1. The molecule has 0 radical (unpaired) electrons. The monoisotopic (exact) mass is 279 g/mol. The minimum Gasteiger partial charge on any atom is -0.398 e. The number of halogens is 1. The molecule has 1 aromatic carbocycles. The van der Waals surface area contributed by atoms with Crippen molar-refractivity contribution in [3.8, 4) is 0 Å². The minimum atomic E-state index is -0.649. The van der Waals surface area contributed by atoms with Gasteiger partial charge in [0.1, 0.15) is 10.8 Å². The third-order valence-corrected chi connectivity index (χ3v) is 3.25. The lowest BCUT2D eigenvalue weighted by Gasteiger charge is -2.07. The summed E-state index contributed by atoms with van der Waals surface area (Å²) >= 11 is 1.14. The van der Waals surface area contributed by atoms with Crippen molar-refractivity contribution >= 4 is 33.8 Å². The van der Waals surface area contributed by atoms with E-state index in [4.69, 9.17) is 11.5 Å². The van der Waals surface area contributed by atoms with Crippen molar-refractivity contribution in [1.82, 2.24) is 0 Å². The summed E-state index contributed by atoms with van der Waals surface area (Å²) in [5.41, 5.74) is 11.1. The molecule has 1 aromatic heterocycles.